The molecule has 0 bridgehead atoms. The third-order valence-corrected chi connectivity index (χ3v) is 4.79. The summed E-state index contributed by atoms with van der Waals surface area (Å²) in [5, 5.41) is 10.2. The van der Waals surface area contributed by atoms with Gasteiger partial charge in [-0.3, -0.25) is 4.79 Å². The van der Waals surface area contributed by atoms with Gasteiger partial charge in [0, 0.05) is 24.5 Å². The Morgan fingerprint density at radius 3 is 2.78 bits per heavy atom. The van der Waals surface area contributed by atoms with Gasteiger partial charge in [0.15, 0.2) is 0 Å². The van der Waals surface area contributed by atoms with Gasteiger partial charge in [-0.05, 0) is 64.6 Å². The second kappa shape index (κ2) is 6.52. The third-order valence-electron chi connectivity index (χ3n) is 3.63. The molecule has 3 rings (SSSR count). The lowest BCUT2D eigenvalue weighted by molar-refractivity contribution is -0.136. The second-order valence-corrected chi connectivity index (χ2v) is 7.24. The number of carbonyl (C=O) groups is 1. The molecule has 0 saturated carbocycles. The van der Waals surface area contributed by atoms with Crippen molar-refractivity contribution in [3.05, 3.63) is 50.0 Å². The van der Waals surface area contributed by atoms with Crippen molar-refractivity contribution in [3.8, 4) is 17.0 Å². The van der Waals surface area contributed by atoms with E-state index in [0.29, 0.717) is 5.75 Å². The van der Waals surface area contributed by atoms with Crippen molar-refractivity contribution < 1.29 is 14.6 Å². The molecule has 1 heterocycles. The zero-order valence-electron chi connectivity index (χ0n) is 12.2. The molecule has 0 unspecified atom stereocenters. The first-order valence-corrected chi connectivity index (χ1v) is 8.72. The molecule has 0 saturated heterocycles. The van der Waals surface area contributed by atoms with Crippen LogP contribution >= 0.6 is 38.5 Å². The van der Waals surface area contributed by atoms with Crippen LogP contribution in [0, 0.1) is 3.57 Å². The number of nitrogens with one attached hydrogen (secondary N) is 1. The normalized spacial score (nSPS) is 10.9. The van der Waals surface area contributed by atoms with E-state index in [-0.39, 0.29) is 6.42 Å². The fraction of sp³-hybridized carbons (Fsp3) is 0.118. The fourth-order valence-electron chi connectivity index (χ4n) is 2.66. The largest absolute Gasteiger partial charge is 0.496 e. The maximum absolute atomic E-state index is 11.3. The number of methoxy groups -OCH3 is 1. The number of hydrogen-bond donors (Lipinski definition) is 2. The van der Waals surface area contributed by atoms with Gasteiger partial charge in [-0.15, -0.1) is 0 Å². The van der Waals surface area contributed by atoms with E-state index < -0.39 is 5.97 Å². The minimum atomic E-state index is -0.861. The van der Waals surface area contributed by atoms with Crippen LogP contribution < -0.4 is 4.74 Å². The average Bonchev–Trinajstić information content (AvgIpc) is 2.84. The Kier molecular flexibility index (Phi) is 4.63. The molecule has 0 aliphatic carbocycles. The number of aromatic amines is 1. The van der Waals surface area contributed by atoms with Crippen LogP contribution in [0.3, 0.4) is 0 Å². The van der Waals surface area contributed by atoms with Crippen molar-refractivity contribution in [1.82, 2.24) is 4.98 Å². The number of rotatable bonds is 4. The van der Waals surface area contributed by atoms with E-state index in [1.807, 2.05) is 36.4 Å². The monoisotopic (exact) mass is 485 g/mol. The van der Waals surface area contributed by atoms with E-state index >= 15 is 0 Å². The Hall–Kier alpha value is -1.54. The molecule has 2 aromatic carbocycles. The minimum absolute atomic E-state index is 0.0505. The van der Waals surface area contributed by atoms with Crippen LogP contribution in [0.15, 0.2) is 40.9 Å². The predicted molar refractivity (Wildman–Crippen MR) is 102 cm³/mol. The van der Waals surface area contributed by atoms with Crippen molar-refractivity contribution in [3.63, 3.8) is 0 Å². The number of carboxylic acid groups (broad SMARTS) is 1. The number of aromatic nitrogens is 1. The summed E-state index contributed by atoms with van der Waals surface area (Å²) in [4.78, 5) is 14.7. The summed E-state index contributed by atoms with van der Waals surface area (Å²) < 4.78 is 7.41. The Morgan fingerprint density at radius 2 is 2.09 bits per heavy atom. The van der Waals surface area contributed by atoms with Crippen LogP contribution in [0.4, 0.5) is 0 Å². The van der Waals surface area contributed by atoms with Crippen LogP contribution in [0.1, 0.15) is 5.56 Å². The Labute approximate surface area is 155 Å². The summed E-state index contributed by atoms with van der Waals surface area (Å²) in [6.07, 6.45) is -0.0505. The van der Waals surface area contributed by atoms with E-state index in [0.717, 1.165) is 35.8 Å². The highest BCUT2D eigenvalue weighted by Gasteiger charge is 2.19. The first-order valence-electron chi connectivity index (χ1n) is 6.85. The van der Waals surface area contributed by atoms with Crippen LogP contribution in [0.2, 0.25) is 0 Å². The van der Waals surface area contributed by atoms with Gasteiger partial charge in [0.05, 0.1) is 19.2 Å². The quantitative estimate of drug-likeness (QED) is 0.520. The Balaban J connectivity index is 2.32. The molecular formula is C17H13BrINO3. The number of hydrogen-bond acceptors (Lipinski definition) is 2. The van der Waals surface area contributed by atoms with Crippen molar-refractivity contribution in [2.75, 3.05) is 7.11 Å². The van der Waals surface area contributed by atoms with E-state index in [2.05, 4.69) is 43.5 Å². The Morgan fingerprint density at radius 1 is 1.30 bits per heavy atom. The fourth-order valence-corrected chi connectivity index (χ4v) is 3.51. The lowest BCUT2D eigenvalue weighted by Crippen LogP contribution is -2.01. The van der Waals surface area contributed by atoms with Crippen LogP contribution in [0.25, 0.3) is 22.2 Å². The summed E-state index contributed by atoms with van der Waals surface area (Å²) in [6, 6.07) is 11.6. The van der Waals surface area contributed by atoms with E-state index in [9.17, 15) is 9.90 Å². The van der Waals surface area contributed by atoms with Gasteiger partial charge in [0.1, 0.15) is 5.75 Å². The molecule has 2 N–H and O–H groups in total. The molecule has 23 heavy (non-hydrogen) atoms. The Bertz CT molecular complexity index is 904. The zero-order chi connectivity index (χ0) is 16.6. The maximum atomic E-state index is 11.3. The molecule has 118 valence electrons. The lowest BCUT2D eigenvalue weighted by Gasteiger charge is -2.09. The number of ether oxygens (including phenoxy) is 1. The molecule has 0 amide bonds. The molecular weight excluding hydrogens is 473 g/mol. The number of carboxylic acids is 1. The highest BCUT2D eigenvalue weighted by Crippen LogP contribution is 2.38. The van der Waals surface area contributed by atoms with Crippen molar-refractivity contribution in [2.24, 2.45) is 0 Å². The molecule has 1 aromatic heterocycles. The summed E-state index contributed by atoms with van der Waals surface area (Å²) >= 11 is 5.69. The first kappa shape index (κ1) is 16.3. The summed E-state index contributed by atoms with van der Waals surface area (Å²) in [6.45, 7) is 0. The summed E-state index contributed by atoms with van der Waals surface area (Å²) in [7, 11) is 1.61. The molecule has 0 spiro atoms. The third kappa shape index (κ3) is 3.23. The van der Waals surface area contributed by atoms with Crippen molar-refractivity contribution in [1.29, 1.82) is 0 Å². The van der Waals surface area contributed by atoms with Crippen LogP contribution in [0.5, 0.6) is 5.75 Å². The predicted octanol–water partition coefficient (Wildman–Crippen LogP) is 4.84. The molecule has 4 nitrogen and oxygen atoms in total. The number of fused-ring (bicyclic) bond motifs is 1. The van der Waals surface area contributed by atoms with Gasteiger partial charge in [0.25, 0.3) is 0 Å². The zero-order valence-corrected chi connectivity index (χ0v) is 15.9. The van der Waals surface area contributed by atoms with E-state index in [4.69, 9.17) is 4.74 Å². The molecule has 0 atom stereocenters. The summed E-state index contributed by atoms with van der Waals surface area (Å²) in [5.41, 5.74) is 3.30. The molecule has 6 heteroatoms. The van der Waals surface area contributed by atoms with E-state index in [1.165, 1.54) is 0 Å². The van der Waals surface area contributed by atoms with Gasteiger partial charge in [0.2, 0.25) is 0 Å². The highest BCUT2D eigenvalue weighted by atomic mass is 127. The topological polar surface area (TPSA) is 62.3 Å². The number of H-pyrrole nitrogens is 1. The van der Waals surface area contributed by atoms with Gasteiger partial charge in [-0.2, -0.15) is 0 Å². The molecule has 3 aromatic rings. The number of halogens is 2. The highest BCUT2D eigenvalue weighted by molar-refractivity contribution is 14.1. The molecule has 0 aliphatic heterocycles. The molecule has 0 aliphatic rings. The second-order valence-electron chi connectivity index (χ2n) is 5.08. The van der Waals surface area contributed by atoms with Gasteiger partial charge in [-0.25, -0.2) is 0 Å². The summed E-state index contributed by atoms with van der Waals surface area (Å²) in [5.74, 6) is -0.166. The van der Waals surface area contributed by atoms with Crippen molar-refractivity contribution >= 4 is 55.4 Å². The standard InChI is InChI=1S/C17H13BrINO3/c1-23-15-5-2-9(18)6-13(15)17-12(8-16(21)22)11-7-10(19)3-4-14(11)20-17/h2-7,20H,8H2,1H3,(H,21,22). The lowest BCUT2D eigenvalue weighted by atomic mass is 10.0. The van der Waals surface area contributed by atoms with Gasteiger partial charge in [-0.1, -0.05) is 15.9 Å². The first-order chi connectivity index (χ1) is 11.0. The maximum Gasteiger partial charge on any atom is 0.307 e. The van der Waals surface area contributed by atoms with E-state index in [1.54, 1.807) is 7.11 Å². The SMILES string of the molecule is COc1ccc(Br)cc1-c1[nH]c2ccc(I)cc2c1CC(=O)O. The van der Waals surface area contributed by atoms with Crippen LogP contribution in [-0.4, -0.2) is 23.2 Å². The van der Waals surface area contributed by atoms with Crippen molar-refractivity contribution in [2.45, 2.75) is 6.42 Å². The van der Waals surface area contributed by atoms with Crippen LogP contribution in [-0.2, 0) is 11.2 Å². The van der Waals surface area contributed by atoms with Gasteiger partial charge < -0.3 is 14.8 Å². The molecule has 0 fully saturated rings. The van der Waals surface area contributed by atoms with Gasteiger partial charge >= 0.3 is 5.97 Å². The number of aliphatic carboxylic acids is 1. The average molecular weight is 486 g/mol. The minimum Gasteiger partial charge on any atom is -0.496 e. The smallest absolute Gasteiger partial charge is 0.307 e. The number of benzene rings is 2. The molecule has 0 radical (unpaired) electrons.